The molecule has 2 unspecified atom stereocenters. The molecule has 20 heavy (non-hydrogen) atoms. The SMILES string of the molecule is CSCCC(C)N1CNC(CCc2ccccc2)C1=O. The number of rotatable bonds is 7. The van der Waals surface area contributed by atoms with Crippen LogP contribution in [0.5, 0.6) is 0 Å². The first-order valence-electron chi connectivity index (χ1n) is 7.29. The molecule has 1 aliphatic heterocycles. The predicted octanol–water partition coefficient (Wildman–Crippen LogP) is 2.52. The molecule has 0 radical (unpaired) electrons. The van der Waals surface area contributed by atoms with E-state index in [-0.39, 0.29) is 11.9 Å². The van der Waals surface area contributed by atoms with Crippen molar-refractivity contribution in [1.82, 2.24) is 10.2 Å². The zero-order chi connectivity index (χ0) is 14.4. The first-order chi connectivity index (χ1) is 9.72. The summed E-state index contributed by atoms with van der Waals surface area (Å²) >= 11 is 1.84. The Kier molecular flexibility index (Phi) is 5.92. The number of thioether (sulfide) groups is 1. The lowest BCUT2D eigenvalue weighted by molar-refractivity contribution is -0.130. The summed E-state index contributed by atoms with van der Waals surface area (Å²) in [6.07, 6.45) is 5.02. The first-order valence-corrected chi connectivity index (χ1v) is 8.68. The van der Waals surface area contributed by atoms with Crippen molar-refractivity contribution in [1.29, 1.82) is 0 Å². The Balaban J connectivity index is 1.82. The fraction of sp³-hybridized carbons (Fsp3) is 0.562. The molecule has 0 aliphatic carbocycles. The fourth-order valence-corrected chi connectivity index (χ4v) is 3.15. The van der Waals surface area contributed by atoms with Crippen molar-refractivity contribution in [3.8, 4) is 0 Å². The van der Waals surface area contributed by atoms with Crippen molar-refractivity contribution in [2.45, 2.75) is 38.3 Å². The van der Waals surface area contributed by atoms with Crippen molar-refractivity contribution in [3.05, 3.63) is 35.9 Å². The molecule has 0 spiro atoms. The lowest BCUT2D eigenvalue weighted by Gasteiger charge is -2.23. The molecule has 0 bridgehead atoms. The molecule has 110 valence electrons. The summed E-state index contributed by atoms with van der Waals surface area (Å²) in [6, 6.07) is 10.7. The minimum Gasteiger partial charge on any atom is -0.326 e. The molecule has 1 amide bonds. The molecule has 1 saturated heterocycles. The van der Waals surface area contributed by atoms with E-state index in [9.17, 15) is 4.79 Å². The van der Waals surface area contributed by atoms with Gasteiger partial charge in [-0.1, -0.05) is 30.3 Å². The number of amides is 1. The molecular weight excluding hydrogens is 268 g/mol. The van der Waals surface area contributed by atoms with E-state index in [4.69, 9.17) is 0 Å². The Bertz CT molecular complexity index is 424. The van der Waals surface area contributed by atoms with E-state index in [0.717, 1.165) is 25.0 Å². The van der Waals surface area contributed by atoms with Gasteiger partial charge in [0.1, 0.15) is 0 Å². The van der Waals surface area contributed by atoms with Gasteiger partial charge in [0, 0.05) is 6.04 Å². The highest BCUT2D eigenvalue weighted by atomic mass is 32.2. The van der Waals surface area contributed by atoms with Gasteiger partial charge < -0.3 is 4.90 Å². The first kappa shape index (κ1) is 15.4. The van der Waals surface area contributed by atoms with Gasteiger partial charge >= 0.3 is 0 Å². The molecule has 1 aliphatic rings. The summed E-state index contributed by atoms with van der Waals surface area (Å²) in [7, 11) is 0. The summed E-state index contributed by atoms with van der Waals surface area (Å²) in [4.78, 5) is 14.4. The van der Waals surface area contributed by atoms with E-state index in [0.29, 0.717) is 12.7 Å². The van der Waals surface area contributed by atoms with Crippen molar-refractivity contribution >= 4 is 17.7 Å². The Morgan fingerprint density at radius 2 is 2.15 bits per heavy atom. The molecule has 1 aromatic carbocycles. The fourth-order valence-electron chi connectivity index (χ4n) is 2.57. The number of carbonyl (C=O) groups excluding carboxylic acids is 1. The average Bonchev–Trinajstić information content (AvgIpc) is 2.85. The van der Waals surface area contributed by atoms with E-state index in [1.54, 1.807) is 0 Å². The summed E-state index contributed by atoms with van der Waals surface area (Å²) in [5, 5.41) is 3.35. The van der Waals surface area contributed by atoms with Gasteiger partial charge in [0.2, 0.25) is 5.91 Å². The second-order valence-electron chi connectivity index (χ2n) is 5.38. The summed E-state index contributed by atoms with van der Waals surface area (Å²) in [6.45, 7) is 2.85. The van der Waals surface area contributed by atoms with Crippen LogP contribution in [0, 0.1) is 0 Å². The highest BCUT2D eigenvalue weighted by Gasteiger charge is 2.33. The zero-order valence-corrected chi connectivity index (χ0v) is 13.2. The van der Waals surface area contributed by atoms with Crippen molar-refractivity contribution in [3.63, 3.8) is 0 Å². The van der Waals surface area contributed by atoms with Crippen LogP contribution < -0.4 is 5.32 Å². The standard InChI is InChI=1S/C16H24N2OS/c1-13(10-11-20-2)18-12-17-15(16(18)19)9-8-14-6-4-3-5-7-14/h3-7,13,15,17H,8-12H2,1-2H3. The number of carbonyl (C=O) groups is 1. The van der Waals surface area contributed by atoms with Crippen molar-refractivity contribution in [2.75, 3.05) is 18.7 Å². The molecule has 2 atom stereocenters. The molecule has 1 N–H and O–H groups in total. The second kappa shape index (κ2) is 7.70. The smallest absolute Gasteiger partial charge is 0.241 e. The summed E-state index contributed by atoms with van der Waals surface area (Å²) in [5.74, 6) is 1.38. The summed E-state index contributed by atoms with van der Waals surface area (Å²) in [5.41, 5.74) is 1.30. The molecule has 1 fully saturated rings. The Labute approximate surface area is 126 Å². The van der Waals surface area contributed by atoms with Crippen LogP contribution in [0.1, 0.15) is 25.3 Å². The van der Waals surface area contributed by atoms with Crippen LogP contribution in [-0.2, 0) is 11.2 Å². The van der Waals surface area contributed by atoms with Gasteiger partial charge in [0.25, 0.3) is 0 Å². The molecule has 1 heterocycles. The third kappa shape index (κ3) is 4.00. The normalized spacial score (nSPS) is 20.4. The monoisotopic (exact) mass is 292 g/mol. The van der Waals surface area contributed by atoms with Gasteiger partial charge in [-0.3, -0.25) is 10.1 Å². The van der Waals surface area contributed by atoms with Gasteiger partial charge in [-0.25, -0.2) is 0 Å². The van der Waals surface area contributed by atoms with E-state index in [1.165, 1.54) is 5.56 Å². The topological polar surface area (TPSA) is 32.3 Å². The van der Waals surface area contributed by atoms with Gasteiger partial charge in [0.05, 0.1) is 12.7 Å². The van der Waals surface area contributed by atoms with Crippen LogP contribution in [0.25, 0.3) is 0 Å². The number of aryl methyl sites for hydroxylation is 1. The highest BCUT2D eigenvalue weighted by Crippen LogP contribution is 2.16. The number of benzene rings is 1. The minimum absolute atomic E-state index is 0.00747. The zero-order valence-electron chi connectivity index (χ0n) is 12.3. The molecule has 0 saturated carbocycles. The van der Waals surface area contributed by atoms with Gasteiger partial charge in [-0.15, -0.1) is 0 Å². The van der Waals surface area contributed by atoms with Crippen LogP contribution in [-0.4, -0.2) is 41.6 Å². The maximum atomic E-state index is 12.4. The van der Waals surface area contributed by atoms with E-state index >= 15 is 0 Å². The highest BCUT2D eigenvalue weighted by molar-refractivity contribution is 7.98. The van der Waals surface area contributed by atoms with Crippen molar-refractivity contribution < 1.29 is 4.79 Å². The molecule has 2 rings (SSSR count). The maximum absolute atomic E-state index is 12.4. The van der Waals surface area contributed by atoms with Crippen LogP contribution in [0.3, 0.4) is 0 Å². The van der Waals surface area contributed by atoms with Crippen LogP contribution in [0.4, 0.5) is 0 Å². The Morgan fingerprint density at radius 3 is 2.85 bits per heavy atom. The van der Waals surface area contributed by atoms with Gasteiger partial charge in [-0.05, 0) is 43.8 Å². The third-order valence-corrected chi connectivity index (χ3v) is 4.57. The number of hydrogen-bond donors (Lipinski definition) is 1. The van der Waals surface area contributed by atoms with Gasteiger partial charge in [0.15, 0.2) is 0 Å². The predicted molar refractivity (Wildman–Crippen MR) is 85.9 cm³/mol. The quantitative estimate of drug-likeness (QED) is 0.838. The number of nitrogens with one attached hydrogen (secondary N) is 1. The van der Waals surface area contributed by atoms with Crippen LogP contribution >= 0.6 is 11.8 Å². The van der Waals surface area contributed by atoms with E-state index < -0.39 is 0 Å². The third-order valence-electron chi connectivity index (χ3n) is 3.93. The molecular formula is C16H24N2OS. The largest absolute Gasteiger partial charge is 0.326 e. The minimum atomic E-state index is -0.00747. The molecule has 3 nitrogen and oxygen atoms in total. The summed E-state index contributed by atoms with van der Waals surface area (Å²) < 4.78 is 0. The maximum Gasteiger partial charge on any atom is 0.241 e. The average molecular weight is 292 g/mol. The van der Waals surface area contributed by atoms with Gasteiger partial charge in [-0.2, -0.15) is 11.8 Å². The van der Waals surface area contributed by atoms with E-state index in [1.807, 2.05) is 22.7 Å². The number of nitrogens with zero attached hydrogens (tertiary/aromatic N) is 1. The number of hydrogen-bond acceptors (Lipinski definition) is 3. The Hall–Kier alpha value is -1.00. The molecule has 4 heteroatoms. The lowest BCUT2D eigenvalue weighted by atomic mass is 10.1. The van der Waals surface area contributed by atoms with Crippen molar-refractivity contribution in [2.24, 2.45) is 0 Å². The Morgan fingerprint density at radius 1 is 1.40 bits per heavy atom. The molecule has 0 aromatic heterocycles. The van der Waals surface area contributed by atoms with Crippen LogP contribution in [0.2, 0.25) is 0 Å². The lowest BCUT2D eigenvalue weighted by Crippen LogP contribution is -2.37. The molecule has 1 aromatic rings. The van der Waals surface area contributed by atoms with Crippen LogP contribution in [0.15, 0.2) is 30.3 Å². The van der Waals surface area contributed by atoms with E-state index in [2.05, 4.69) is 42.8 Å². The second-order valence-corrected chi connectivity index (χ2v) is 6.36.